The molecule has 1 atom stereocenters. The van der Waals surface area contributed by atoms with Gasteiger partial charge in [-0.15, -0.1) is 0 Å². The van der Waals surface area contributed by atoms with E-state index in [0.29, 0.717) is 0 Å². The normalized spacial score (nSPS) is 26.9. The van der Waals surface area contributed by atoms with E-state index in [2.05, 4.69) is 23.5 Å². The van der Waals surface area contributed by atoms with Crippen LogP contribution in [-0.4, -0.2) is 24.8 Å². The van der Waals surface area contributed by atoms with E-state index < -0.39 is 0 Å². The average molecular weight is 219 g/mol. The number of ether oxygens (including phenoxy) is 1. The van der Waals surface area contributed by atoms with Gasteiger partial charge in [-0.05, 0) is 37.1 Å². The molecule has 0 aliphatic carbocycles. The summed E-state index contributed by atoms with van der Waals surface area (Å²) in [6.07, 6.45) is 1.87. The van der Waals surface area contributed by atoms with E-state index in [9.17, 15) is 5.11 Å². The van der Waals surface area contributed by atoms with Crippen LogP contribution in [0, 0.1) is 0 Å². The molecule has 1 aromatic rings. The van der Waals surface area contributed by atoms with E-state index in [4.69, 9.17) is 4.74 Å². The fourth-order valence-electron chi connectivity index (χ4n) is 2.95. The van der Waals surface area contributed by atoms with E-state index >= 15 is 0 Å². The van der Waals surface area contributed by atoms with Crippen LogP contribution < -0.4 is 5.32 Å². The summed E-state index contributed by atoms with van der Waals surface area (Å²) in [5.41, 5.74) is 2.32. The highest BCUT2D eigenvalue weighted by atomic mass is 16.5. The maximum atomic E-state index is 9.39. The summed E-state index contributed by atoms with van der Waals surface area (Å²) in [6.45, 7) is 2.06. The Balaban J connectivity index is 2.04. The third-order valence-corrected chi connectivity index (χ3v) is 3.74. The van der Waals surface area contributed by atoms with Gasteiger partial charge in [0.1, 0.15) is 6.10 Å². The molecule has 2 aliphatic heterocycles. The number of hydrogen-bond acceptors (Lipinski definition) is 3. The minimum atomic E-state index is -0.144. The quantitative estimate of drug-likeness (QED) is 0.748. The van der Waals surface area contributed by atoms with Crippen molar-refractivity contribution in [2.75, 3.05) is 19.7 Å². The van der Waals surface area contributed by atoms with Crippen molar-refractivity contribution in [3.05, 3.63) is 35.4 Å². The smallest absolute Gasteiger partial charge is 0.107 e. The molecule has 2 aliphatic rings. The largest absolute Gasteiger partial charge is 0.393 e. The van der Waals surface area contributed by atoms with Gasteiger partial charge in [-0.25, -0.2) is 0 Å². The Kier molecular flexibility index (Phi) is 2.46. The molecule has 1 spiro atoms. The number of benzene rings is 1. The summed E-state index contributed by atoms with van der Waals surface area (Å²) < 4.78 is 6.12. The van der Waals surface area contributed by atoms with Crippen LogP contribution in [0.25, 0.3) is 0 Å². The summed E-state index contributed by atoms with van der Waals surface area (Å²) in [4.78, 5) is 0. The first-order chi connectivity index (χ1) is 7.86. The highest BCUT2D eigenvalue weighted by molar-refractivity contribution is 5.38. The first-order valence-corrected chi connectivity index (χ1v) is 5.94. The van der Waals surface area contributed by atoms with Crippen LogP contribution in [-0.2, 0) is 10.3 Å². The summed E-state index contributed by atoms with van der Waals surface area (Å²) in [6, 6.07) is 8.31. The topological polar surface area (TPSA) is 41.5 Å². The van der Waals surface area contributed by atoms with Crippen LogP contribution in [0.15, 0.2) is 24.3 Å². The molecule has 0 radical (unpaired) electrons. The Morgan fingerprint density at radius 2 is 2.06 bits per heavy atom. The van der Waals surface area contributed by atoms with E-state index in [-0.39, 0.29) is 18.3 Å². The first kappa shape index (κ1) is 10.3. The maximum Gasteiger partial charge on any atom is 0.107 e. The Hall–Kier alpha value is -0.900. The molecule has 3 nitrogen and oxygen atoms in total. The lowest BCUT2D eigenvalue weighted by atomic mass is 9.84. The lowest BCUT2D eigenvalue weighted by Gasteiger charge is -2.34. The zero-order valence-electron chi connectivity index (χ0n) is 9.28. The molecule has 16 heavy (non-hydrogen) atoms. The Labute approximate surface area is 95.4 Å². The van der Waals surface area contributed by atoms with Gasteiger partial charge in [0.15, 0.2) is 0 Å². The van der Waals surface area contributed by atoms with Crippen LogP contribution in [0.1, 0.15) is 30.1 Å². The van der Waals surface area contributed by atoms with Crippen molar-refractivity contribution in [1.29, 1.82) is 0 Å². The SMILES string of the molecule is OCC1OC2(CCNCC2)c2ccccc21. The van der Waals surface area contributed by atoms with Gasteiger partial charge in [0.25, 0.3) is 0 Å². The molecule has 3 rings (SSSR count). The molecule has 2 heterocycles. The zero-order chi connectivity index (χ0) is 11.0. The molecule has 3 heteroatoms. The standard InChI is InChI=1S/C13H17NO2/c15-9-12-10-3-1-2-4-11(10)13(16-12)5-7-14-8-6-13/h1-4,12,14-15H,5-9H2. The van der Waals surface area contributed by atoms with Crippen molar-refractivity contribution in [3.8, 4) is 0 Å². The third kappa shape index (κ3) is 1.39. The molecule has 1 unspecified atom stereocenters. The number of rotatable bonds is 1. The molecular weight excluding hydrogens is 202 g/mol. The third-order valence-electron chi connectivity index (χ3n) is 3.74. The van der Waals surface area contributed by atoms with Crippen molar-refractivity contribution < 1.29 is 9.84 Å². The van der Waals surface area contributed by atoms with Crippen molar-refractivity contribution in [2.24, 2.45) is 0 Å². The summed E-state index contributed by atoms with van der Waals surface area (Å²) in [5, 5.41) is 12.7. The van der Waals surface area contributed by atoms with Crippen molar-refractivity contribution in [3.63, 3.8) is 0 Å². The predicted molar refractivity (Wildman–Crippen MR) is 61.1 cm³/mol. The van der Waals surface area contributed by atoms with Crippen LogP contribution in [0.4, 0.5) is 0 Å². The lowest BCUT2D eigenvalue weighted by molar-refractivity contribution is -0.109. The second kappa shape index (κ2) is 3.84. The number of fused-ring (bicyclic) bond motifs is 2. The highest BCUT2D eigenvalue weighted by Crippen LogP contribution is 2.47. The molecule has 86 valence electrons. The van der Waals surface area contributed by atoms with Crippen molar-refractivity contribution in [1.82, 2.24) is 5.32 Å². The van der Waals surface area contributed by atoms with Gasteiger partial charge in [-0.1, -0.05) is 24.3 Å². The van der Waals surface area contributed by atoms with Gasteiger partial charge < -0.3 is 15.2 Å². The summed E-state index contributed by atoms with van der Waals surface area (Å²) in [7, 11) is 0. The molecule has 0 saturated carbocycles. The van der Waals surface area contributed by atoms with Crippen LogP contribution in [0.2, 0.25) is 0 Å². The van der Waals surface area contributed by atoms with Gasteiger partial charge in [0.05, 0.1) is 12.2 Å². The van der Waals surface area contributed by atoms with Crippen molar-refractivity contribution in [2.45, 2.75) is 24.5 Å². The van der Waals surface area contributed by atoms with Gasteiger partial charge in [0.2, 0.25) is 0 Å². The zero-order valence-corrected chi connectivity index (χ0v) is 9.28. The summed E-state index contributed by atoms with van der Waals surface area (Å²) >= 11 is 0. The van der Waals surface area contributed by atoms with Gasteiger partial charge in [-0.2, -0.15) is 0 Å². The van der Waals surface area contributed by atoms with E-state index in [1.807, 2.05) is 6.07 Å². The minimum Gasteiger partial charge on any atom is -0.393 e. The van der Waals surface area contributed by atoms with Crippen LogP contribution >= 0.6 is 0 Å². The predicted octanol–water partition coefficient (Wildman–Crippen LogP) is 1.33. The molecule has 1 saturated heterocycles. The number of nitrogens with one attached hydrogen (secondary N) is 1. The van der Waals surface area contributed by atoms with Crippen molar-refractivity contribution >= 4 is 0 Å². The fourth-order valence-corrected chi connectivity index (χ4v) is 2.95. The van der Waals surface area contributed by atoms with Gasteiger partial charge in [0, 0.05) is 0 Å². The van der Waals surface area contributed by atoms with Gasteiger partial charge in [-0.3, -0.25) is 0 Å². The van der Waals surface area contributed by atoms with Crippen LogP contribution in [0.5, 0.6) is 0 Å². The molecule has 1 aromatic carbocycles. The van der Waals surface area contributed by atoms with E-state index in [1.54, 1.807) is 0 Å². The molecule has 1 fully saturated rings. The van der Waals surface area contributed by atoms with E-state index in [1.165, 1.54) is 11.1 Å². The molecule has 2 N–H and O–H groups in total. The Morgan fingerprint density at radius 1 is 1.31 bits per heavy atom. The maximum absolute atomic E-state index is 9.39. The summed E-state index contributed by atoms with van der Waals surface area (Å²) in [5.74, 6) is 0. The Morgan fingerprint density at radius 3 is 2.81 bits per heavy atom. The number of aliphatic hydroxyl groups excluding tert-OH is 1. The second-order valence-corrected chi connectivity index (χ2v) is 4.62. The monoisotopic (exact) mass is 219 g/mol. The van der Waals surface area contributed by atoms with E-state index in [0.717, 1.165) is 25.9 Å². The molecule has 0 amide bonds. The number of piperidine rings is 1. The first-order valence-electron chi connectivity index (χ1n) is 5.94. The van der Waals surface area contributed by atoms with Gasteiger partial charge >= 0.3 is 0 Å². The second-order valence-electron chi connectivity index (χ2n) is 4.62. The molecule has 0 aromatic heterocycles. The average Bonchev–Trinajstić information content (AvgIpc) is 2.66. The molecule has 0 bridgehead atoms. The highest BCUT2D eigenvalue weighted by Gasteiger charge is 2.44. The number of aliphatic hydroxyl groups is 1. The minimum absolute atomic E-state index is 0.0756. The fraction of sp³-hybridized carbons (Fsp3) is 0.538. The lowest BCUT2D eigenvalue weighted by Crippen LogP contribution is -2.39. The molecular formula is C13H17NO2. The van der Waals surface area contributed by atoms with Crippen LogP contribution in [0.3, 0.4) is 0 Å². The Bertz CT molecular complexity index is 385. The number of hydrogen-bond donors (Lipinski definition) is 2.